The fourth-order valence-corrected chi connectivity index (χ4v) is 4.01. The van der Waals surface area contributed by atoms with E-state index in [1.54, 1.807) is 11.3 Å². The molecule has 0 saturated heterocycles. The van der Waals surface area contributed by atoms with Gasteiger partial charge >= 0.3 is 0 Å². The van der Waals surface area contributed by atoms with Crippen LogP contribution in [-0.4, -0.2) is 22.8 Å². The van der Waals surface area contributed by atoms with Crippen molar-refractivity contribution in [2.45, 2.75) is 58.9 Å². The van der Waals surface area contributed by atoms with E-state index in [2.05, 4.69) is 29.5 Å². The number of aromatic nitrogens is 1. The average molecular weight is 394 g/mol. The van der Waals surface area contributed by atoms with Crippen LogP contribution in [0.1, 0.15) is 50.6 Å². The van der Waals surface area contributed by atoms with E-state index in [9.17, 15) is 9.59 Å². The van der Waals surface area contributed by atoms with E-state index in [-0.39, 0.29) is 24.3 Å². The normalized spacial score (nSPS) is 12.2. The topological polar surface area (TPSA) is 71.1 Å². The number of rotatable bonds is 10. The average Bonchev–Trinajstić information content (AvgIpc) is 3.18. The molecule has 2 aromatic heterocycles. The zero-order valence-corrected chi connectivity index (χ0v) is 17.2. The summed E-state index contributed by atoms with van der Waals surface area (Å²) in [5.41, 5.74) is 0.688. The van der Waals surface area contributed by atoms with E-state index in [1.807, 2.05) is 29.8 Å². The largest absolute Gasteiger partial charge is 0.353 e. The van der Waals surface area contributed by atoms with E-state index in [0.717, 1.165) is 17.7 Å². The number of hydrogen-bond acceptors (Lipinski definition) is 5. The lowest BCUT2D eigenvalue weighted by atomic mass is 10.0. The molecule has 0 aliphatic carbocycles. The molecule has 2 heterocycles. The van der Waals surface area contributed by atoms with Crippen molar-refractivity contribution < 1.29 is 9.59 Å². The van der Waals surface area contributed by atoms with Gasteiger partial charge in [0.05, 0.1) is 18.5 Å². The molecule has 2 N–H and O–H groups in total. The molecule has 0 aliphatic heterocycles. The molecule has 26 heavy (non-hydrogen) atoms. The summed E-state index contributed by atoms with van der Waals surface area (Å²) in [5.74, 6) is 0.585. The minimum absolute atomic E-state index is 0.0243. The fraction of sp³-hybridized carbons (Fsp3) is 0.526. The summed E-state index contributed by atoms with van der Waals surface area (Å²) in [5, 5.41) is 10.1. The van der Waals surface area contributed by atoms with E-state index in [4.69, 9.17) is 0 Å². The Bertz CT molecular complexity index is 695. The minimum Gasteiger partial charge on any atom is -0.353 e. The first-order valence-electron chi connectivity index (χ1n) is 8.98. The van der Waals surface area contributed by atoms with Gasteiger partial charge in [-0.15, -0.1) is 22.7 Å². The van der Waals surface area contributed by atoms with Crippen LogP contribution in [-0.2, 0) is 22.4 Å². The highest BCUT2D eigenvalue weighted by molar-refractivity contribution is 7.14. The van der Waals surface area contributed by atoms with Gasteiger partial charge in [-0.2, -0.15) is 0 Å². The predicted molar refractivity (Wildman–Crippen MR) is 109 cm³/mol. The molecule has 0 fully saturated rings. The predicted octanol–water partition coefficient (Wildman–Crippen LogP) is 4.26. The number of nitrogens with one attached hydrogen (secondary N) is 2. The molecule has 142 valence electrons. The fourth-order valence-electron chi connectivity index (χ4n) is 2.58. The summed E-state index contributed by atoms with van der Waals surface area (Å²) < 4.78 is 0. The quantitative estimate of drug-likeness (QED) is 0.633. The molecular weight excluding hydrogens is 366 g/mol. The Morgan fingerprint density at radius 1 is 1.12 bits per heavy atom. The maximum Gasteiger partial charge on any atom is 0.231 e. The SMILES string of the molecule is CC(C)CCCC(C)NC(=O)Cc1csc(NC(=O)Cc2cccs2)n1. The zero-order valence-electron chi connectivity index (χ0n) is 15.6. The highest BCUT2D eigenvalue weighted by Gasteiger charge is 2.12. The summed E-state index contributed by atoms with van der Waals surface area (Å²) in [6, 6.07) is 4.03. The van der Waals surface area contributed by atoms with Gasteiger partial charge in [-0.25, -0.2) is 4.98 Å². The maximum absolute atomic E-state index is 12.1. The molecule has 0 saturated carbocycles. The lowest BCUT2D eigenvalue weighted by molar-refractivity contribution is -0.121. The van der Waals surface area contributed by atoms with Gasteiger partial charge < -0.3 is 10.6 Å². The number of carbonyl (C=O) groups excluding carboxylic acids is 2. The molecule has 1 atom stereocenters. The van der Waals surface area contributed by atoms with Gasteiger partial charge in [-0.1, -0.05) is 32.8 Å². The monoisotopic (exact) mass is 393 g/mol. The lowest BCUT2D eigenvalue weighted by Crippen LogP contribution is -2.33. The molecule has 7 heteroatoms. The number of carbonyl (C=O) groups is 2. The van der Waals surface area contributed by atoms with Crippen LogP contribution in [0.15, 0.2) is 22.9 Å². The van der Waals surface area contributed by atoms with Crippen LogP contribution in [0, 0.1) is 5.92 Å². The molecule has 0 aromatic carbocycles. The molecule has 0 aliphatic rings. The van der Waals surface area contributed by atoms with Gasteiger partial charge in [0, 0.05) is 16.3 Å². The summed E-state index contributed by atoms with van der Waals surface area (Å²) in [4.78, 5) is 29.5. The van der Waals surface area contributed by atoms with Crippen LogP contribution in [0.3, 0.4) is 0 Å². The molecule has 2 rings (SSSR count). The summed E-state index contributed by atoms with van der Waals surface area (Å²) in [6.45, 7) is 6.46. The number of anilines is 1. The molecule has 2 aromatic rings. The van der Waals surface area contributed by atoms with E-state index in [0.29, 0.717) is 23.2 Å². The van der Waals surface area contributed by atoms with Gasteiger partial charge in [0.25, 0.3) is 0 Å². The van der Waals surface area contributed by atoms with Crippen molar-refractivity contribution in [2.24, 2.45) is 5.92 Å². The molecule has 2 amide bonds. The second kappa shape index (κ2) is 10.4. The van der Waals surface area contributed by atoms with Crippen molar-refractivity contribution in [1.82, 2.24) is 10.3 Å². The zero-order chi connectivity index (χ0) is 18.9. The number of nitrogens with zero attached hydrogens (tertiary/aromatic N) is 1. The van der Waals surface area contributed by atoms with Crippen molar-refractivity contribution in [3.63, 3.8) is 0 Å². The Kier molecular flexibility index (Phi) is 8.25. The minimum atomic E-state index is -0.0865. The van der Waals surface area contributed by atoms with Crippen molar-refractivity contribution >= 4 is 39.6 Å². The first-order chi connectivity index (χ1) is 12.4. The van der Waals surface area contributed by atoms with Crippen molar-refractivity contribution in [2.75, 3.05) is 5.32 Å². The number of thiophene rings is 1. The second-order valence-corrected chi connectivity index (χ2v) is 8.81. The summed E-state index contributed by atoms with van der Waals surface area (Å²) in [7, 11) is 0. The van der Waals surface area contributed by atoms with Crippen LogP contribution >= 0.6 is 22.7 Å². The van der Waals surface area contributed by atoms with Crippen molar-refractivity contribution in [3.05, 3.63) is 33.5 Å². The van der Waals surface area contributed by atoms with E-state index in [1.165, 1.54) is 17.8 Å². The van der Waals surface area contributed by atoms with Gasteiger partial charge in [-0.05, 0) is 30.7 Å². The lowest BCUT2D eigenvalue weighted by Gasteiger charge is -2.14. The van der Waals surface area contributed by atoms with Crippen LogP contribution in [0.5, 0.6) is 0 Å². The molecule has 0 radical (unpaired) electrons. The van der Waals surface area contributed by atoms with Crippen molar-refractivity contribution in [1.29, 1.82) is 0 Å². The smallest absolute Gasteiger partial charge is 0.231 e. The third kappa shape index (κ3) is 7.66. The Hall–Kier alpha value is -1.73. The van der Waals surface area contributed by atoms with Gasteiger partial charge in [0.1, 0.15) is 0 Å². The summed E-state index contributed by atoms with van der Waals surface area (Å²) >= 11 is 2.91. The molecule has 0 bridgehead atoms. The Labute approximate surface area is 163 Å². The van der Waals surface area contributed by atoms with Crippen LogP contribution < -0.4 is 10.6 Å². The van der Waals surface area contributed by atoms with Gasteiger partial charge in [0.2, 0.25) is 11.8 Å². The first-order valence-corrected chi connectivity index (χ1v) is 10.7. The van der Waals surface area contributed by atoms with Gasteiger partial charge in [-0.3, -0.25) is 9.59 Å². The van der Waals surface area contributed by atoms with Crippen LogP contribution in [0.25, 0.3) is 0 Å². The van der Waals surface area contributed by atoms with E-state index < -0.39 is 0 Å². The van der Waals surface area contributed by atoms with Crippen LogP contribution in [0.4, 0.5) is 5.13 Å². The molecule has 1 unspecified atom stereocenters. The summed E-state index contributed by atoms with van der Waals surface area (Å²) in [6.07, 6.45) is 3.88. The maximum atomic E-state index is 12.1. The Morgan fingerprint density at radius 3 is 2.62 bits per heavy atom. The standard InChI is InChI=1S/C19H27N3O2S2/c1-13(2)6-4-7-14(3)20-17(23)10-15-12-26-19(21-15)22-18(24)11-16-8-5-9-25-16/h5,8-9,12-14H,4,6-7,10-11H2,1-3H3,(H,20,23)(H,21,22,24). The van der Waals surface area contributed by atoms with Gasteiger partial charge in [0.15, 0.2) is 5.13 Å². The van der Waals surface area contributed by atoms with E-state index >= 15 is 0 Å². The van der Waals surface area contributed by atoms with Crippen LogP contribution in [0.2, 0.25) is 0 Å². The number of amides is 2. The van der Waals surface area contributed by atoms with Crippen molar-refractivity contribution in [3.8, 4) is 0 Å². The Morgan fingerprint density at radius 2 is 1.92 bits per heavy atom. The Balaban J connectivity index is 1.73. The molecule has 0 spiro atoms. The first kappa shape index (κ1) is 20.6. The second-order valence-electron chi connectivity index (χ2n) is 6.92. The molecular formula is C19H27N3O2S2. The third-order valence-corrected chi connectivity index (χ3v) is 5.56. The number of hydrogen-bond donors (Lipinski definition) is 2. The highest BCUT2D eigenvalue weighted by Crippen LogP contribution is 2.17. The molecule has 5 nitrogen and oxygen atoms in total. The highest BCUT2D eigenvalue weighted by atomic mass is 32.1. The number of thiazole rings is 1. The third-order valence-electron chi connectivity index (χ3n) is 3.88.